The maximum atomic E-state index is 11.1. The van der Waals surface area contributed by atoms with E-state index >= 15 is 0 Å². The Labute approximate surface area is 97.3 Å². The summed E-state index contributed by atoms with van der Waals surface area (Å²) in [5.74, 6) is -0.598. The highest BCUT2D eigenvalue weighted by Gasteiger charge is 2.31. The van der Waals surface area contributed by atoms with Crippen LogP contribution in [0.4, 0.5) is 5.82 Å². The Hall–Kier alpha value is 0.120. The summed E-state index contributed by atoms with van der Waals surface area (Å²) in [5.41, 5.74) is 0. The van der Waals surface area contributed by atoms with Gasteiger partial charge in [0.15, 0.2) is 9.64 Å². The van der Waals surface area contributed by atoms with E-state index in [1.807, 2.05) is 0 Å². The Morgan fingerprint density at radius 1 is 1.62 bits per heavy atom. The molecule has 72 valence electrons. The third-order valence-electron chi connectivity index (χ3n) is 0.979. The molecule has 1 aromatic rings. The minimum Gasteiger partial charge on any atom is -0.304 e. The second kappa shape index (κ2) is 4.10. The number of amides is 1. The zero-order chi connectivity index (χ0) is 10.1. The van der Waals surface area contributed by atoms with Gasteiger partial charge >= 0.3 is 0 Å². The van der Waals surface area contributed by atoms with E-state index in [-0.39, 0.29) is 5.82 Å². The van der Waals surface area contributed by atoms with Crippen molar-refractivity contribution in [2.45, 2.75) is 3.79 Å². The van der Waals surface area contributed by atoms with Gasteiger partial charge in [0.25, 0.3) is 9.70 Å². The van der Waals surface area contributed by atoms with E-state index in [1.54, 1.807) is 0 Å². The quantitative estimate of drug-likeness (QED) is 0.613. The molecule has 1 rings (SSSR count). The van der Waals surface area contributed by atoms with Gasteiger partial charge in [0.1, 0.15) is 0 Å². The van der Waals surface area contributed by atoms with E-state index in [9.17, 15) is 4.79 Å². The lowest BCUT2D eigenvalue weighted by Gasteiger charge is -2.08. The van der Waals surface area contributed by atoms with E-state index < -0.39 is 9.70 Å². The lowest BCUT2D eigenvalue weighted by molar-refractivity contribution is -0.115. The third kappa shape index (κ3) is 3.07. The van der Waals surface area contributed by atoms with Crippen LogP contribution in [-0.4, -0.2) is 19.3 Å². The van der Waals surface area contributed by atoms with Gasteiger partial charge in [0, 0.05) is 0 Å². The topological polar surface area (TPSA) is 57.8 Å². The molecular formula is C4H2Cl3N3OS2. The first-order chi connectivity index (χ1) is 5.91. The summed E-state index contributed by atoms with van der Waals surface area (Å²) in [6.45, 7) is 0. The number of nitrogens with zero attached hydrogens (tertiary/aromatic N) is 1. The third-order valence-corrected chi connectivity index (χ3v) is 2.50. The Balaban J connectivity index is 2.77. The van der Waals surface area contributed by atoms with Crippen molar-refractivity contribution in [2.24, 2.45) is 0 Å². The van der Waals surface area contributed by atoms with Crippen LogP contribution in [0.5, 0.6) is 0 Å². The van der Waals surface area contributed by atoms with Crippen molar-refractivity contribution in [1.29, 1.82) is 0 Å². The molecule has 0 aliphatic rings. The van der Waals surface area contributed by atoms with Crippen molar-refractivity contribution in [2.75, 3.05) is 5.32 Å². The predicted octanol–water partition coefficient (Wildman–Crippen LogP) is 2.51. The predicted molar refractivity (Wildman–Crippen MR) is 56.2 cm³/mol. The molecule has 1 amide bonds. The van der Waals surface area contributed by atoms with Crippen molar-refractivity contribution in [3.63, 3.8) is 0 Å². The summed E-state index contributed by atoms with van der Waals surface area (Å²) in [7, 11) is 0. The van der Waals surface area contributed by atoms with Crippen LogP contribution in [0.1, 0.15) is 0 Å². The molecule has 0 aliphatic heterocycles. The first-order valence-corrected chi connectivity index (χ1v) is 5.19. The molecular weight excluding hydrogens is 277 g/mol. The molecule has 4 nitrogen and oxygen atoms in total. The van der Waals surface area contributed by atoms with Crippen LogP contribution in [0.2, 0.25) is 0 Å². The van der Waals surface area contributed by atoms with E-state index in [2.05, 4.69) is 14.9 Å². The molecule has 0 spiro atoms. The van der Waals surface area contributed by atoms with E-state index in [1.165, 1.54) is 0 Å². The number of rotatable bonds is 1. The summed E-state index contributed by atoms with van der Waals surface area (Å²) >= 11 is 21.8. The van der Waals surface area contributed by atoms with Gasteiger partial charge in [-0.1, -0.05) is 47.0 Å². The summed E-state index contributed by atoms with van der Waals surface area (Å²) in [5, 5.41) is 5.91. The van der Waals surface area contributed by atoms with Gasteiger partial charge in [0.2, 0.25) is 0 Å². The average molecular weight is 279 g/mol. The number of carbonyl (C=O) groups is 1. The van der Waals surface area contributed by atoms with Gasteiger partial charge in [-0.05, 0) is 11.5 Å². The number of aromatic amines is 1. The van der Waals surface area contributed by atoms with Gasteiger partial charge in [-0.15, -0.1) is 5.10 Å². The van der Waals surface area contributed by atoms with E-state index in [4.69, 9.17) is 47.0 Å². The maximum Gasteiger partial charge on any atom is 0.277 e. The number of hydrogen-bond donors (Lipinski definition) is 2. The molecule has 2 N–H and O–H groups in total. The molecule has 0 saturated carbocycles. The van der Waals surface area contributed by atoms with Crippen molar-refractivity contribution < 1.29 is 4.79 Å². The molecule has 0 fully saturated rings. The minimum absolute atomic E-state index is 0.191. The Morgan fingerprint density at radius 2 is 2.23 bits per heavy atom. The fourth-order valence-corrected chi connectivity index (χ4v) is 1.22. The number of nitrogens with one attached hydrogen (secondary N) is 2. The van der Waals surface area contributed by atoms with Gasteiger partial charge in [-0.3, -0.25) is 4.79 Å². The lowest BCUT2D eigenvalue weighted by atomic mass is 10.6. The number of hydrogen-bond acceptors (Lipinski definition) is 4. The Kier molecular flexibility index (Phi) is 3.53. The van der Waals surface area contributed by atoms with Crippen LogP contribution in [0, 0.1) is 3.82 Å². The fraction of sp³-hybridized carbons (Fsp3) is 0.250. The number of H-pyrrole nitrogens is 1. The SMILES string of the molecule is O=C(Nc1n[nH]sc1=S)C(Cl)(Cl)Cl. The van der Waals surface area contributed by atoms with Crippen LogP contribution in [0.15, 0.2) is 0 Å². The van der Waals surface area contributed by atoms with Gasteiger partial charge in [-0.25, -0.2) is 4.49 Å². The molecule has 0 aliphatic carbocycles. The Bertz CT molecular complexity index is 367. The normalized spacial score (nSPS) is 11.3. The van der Waals surface area contributed by atoms with Crippen LogP contribution in [0.3, 0.4) is 0 Å². The van der Waals surface area contributed by atoms with Crippen LogP contribution in [0.25, 0.3) is 0 Å². The van der Waals surface area contributed by atoms with E-state index in [0.29, 0.717) is 3.82 Å². The van der Waals surface area contributed by atoms with Gasteiger partial charge in [-0.2, -0.15) is 0 Å². The number of alkyl halides is 3. The summed E-state index contributed by atoms with van der Waals surface area (Å²) < 4.78 is 0.881. The van der Waals surface area contributed by atoms with Crippen molar-refractivity contribution >= 4 is 70.3 Å². The zero-order valence-corrected chi connectivity index (χ0v) is 9.71. The lowest BCUT2D eigenvalue weighted by Crippen LogP contribution is -2.27. The summed E-state index contributed by atoms with van der Waals surface area (Å²) in [6, 6.07) is 0. The molecule has 0 aromatic carbocycles. The number of carbonyl (C=O) groups excluding carboxylic acids is 1. The molecule has 0 atom stereocenters. The fourth-order valence-electron chi connectivity index (χ4n) is 0.461. The smallest absolute Gasteiger partial charge is 0.277 e. The second-order valence-electron chi connectivity index (χ2n) is 1.89. The largest absolute Gasteiger partial charge is 0.304 e. The van der Waals surface area contributed by atoms with Crippen LogP contribution >= 0.6 is 58.6 Å². The van der Waals surface area contributed by atoms with Crippen molar-refractivity contribution in [3.05, 3.63) is 3.82 Å². The molecule has 9 heteroatoms. The molecule has 1 heterocycles. The number of anilines is 1. The zero-order valence-electron chi connectivity index (χ0n) is 5.81. The monoisotopic (exact) mass is 277 g/mol. The first kappa shape index (κ1) is 11.2. The first-order valence-electron chi connectivity index (χ1n) is 2.83. The van der Waals surface area contributed by atoms with Crippen molar-refractivity contribution in [3.8, 4) is 0 Å². The minimum atomic E-state index is -2.01. The standard InChI is InChI=1S/C4H2Cl3N3OS2/c5-4(6,7)3(11)8-1-2(12)13-10-9-1/h10H,(H,8,9,11). The number of aromatic nitrogens is 2. The average Bonchev–Trinajstić information content (AvgIpc) is 2.34. The molecule has 1 aromatic heterocycles. The van der Waals surface area contributed by atoms with Gasteiger partial charge < -0.3 is 5.32 Å². The van der Waals surface area contributed by atoms with Crippen molar-refractivity contribution in [1.82, 2.24) is 9.59 Å². The van der Waals surface area contributed by atoms with E-state index in [0.717, 1.165) is 11.5 Å². The second-order valence-corrected chi connectivity index (χ2v) is 5.64. The molecule has 0 unspecified atom stereocenters. The highest BCUT2D eigenvalue weighted by Crippen LogP contribution is 2.27. The molecule has 0 saturated heterocycles. The highest BCUT2D eigenvalue weighted by molar-refractivity contribution is 7.73. The maximum absolute atomic E-state index is 11.1. The molecule has 0 radical (unpaired) electrons. The van der Waals surface area contributed by atoms with Crippen LogP contribution < -0.4 is 5.32 Å². The highest BCUT2D eigenvalue weighted by atomic mass is 35.6. The molecule has 0 bridgehead atoms. The summed E-state index contributed by atoms with van der Waals surface area (Å²) in [4.78, 5) is 11.1. The van der Waals surface area contributed by atoms with Crippen LogP contribution in [-0.2, 0) is 4.79 Å². The molecule has 13 heavy (non-hydrogen) atoms. The Morgan fingerprint density at radius 3 is 2.62 bits per heavy atom. The van der Waals surface area contributed by atoms with Gasteiger partial charge in [0.05, 0.1) is 0 Å². The number of halogens is 3. The summed E-state index contributed by atoms with van der Waals surface area (Å²) in [6.07, 6.45) is 0.